The van der Waals surface area contributed by atoms with Crippen LogP contribution in [0.5, 0.6) is 0 Å². The van der Waals surface area contributed by atoms with Gasteiger partial charge in [0, 0.05) is 9.35 Å². The van der Waals surface area contributed by atoms with Crippen molar-refractivity contribution >= 4 is 43.2 Å². The van der Waals surface area contributed by atoms with E-state index in [0.717, 1.165) is 24.3 Å². The molecule has 0 saturated heterocycles. The Kier molecular flexibility index (Phi) is 4.59. The van der Waals surface area contributed by atoms with Gasteiger partial charge in [-0.1, -0.05) is 6.07 Å². The first-order chi connectivity index (χ1) is 8.51. The van der Waals surface area contributed by atoms with Gasteiger partial charge >= 0.3 is 0 Å². The Morgan fingerprint density at radius 3 is 2.44 bits per heavy atom. The summed E-state index contributed by atoms with van der Waals surface area (Å²) in [5.74, 6) is -0.195. The molecule has 0 aliphatic heterocycles. The molecular formula is C13H12Br2FNS. The minimum atomic E-state index is -0.195. The standard InChI is InChI=1S/C13H12Br2FNS/c1-7-3-8(5-9(16)4-7)12(17-2)11-6-10(14)13(15)18-11/h3-6,12,17H,1-2H3. The monoisotopic (exact) mass is 391 g/mol. The fourth-order valence-electron chi connectivity index (χ4n) is 1.91. The molecule has 0 aliphatic carbocycles. The zero-order chi connectivity index (χ0) is 13.3. The number of aryl methyl sites for hydroxylation is 1. The molecular weight excluding hydrogens is 381 g/mol. The lowest BCUT2D eigenvalue weighted by molar-refractivity contribution is 0.616. The number of halogens is 3. The predicted octanol–water partition coefficient (Wildman–Crippen LogP) is 5.03. The van der Waals surface area contributed by atoms with Crippen molar-refractivity contribution in [2.24, 2.45) is 0 Å². The number of benzene rings is 1. The summed E-state index contributed by atoms with van der Waals surface area (Å²) in [7, 11) is 1.88. The van der Waals surface area contributed by atoms with E-state index in [2.05, 4.69) is 43.2 Å². The van der Waals surface area contributed by atoms with Crippen LogP contribution in [-0.4, -0.2) is 7.05 Å². The largest absolute Gasteiger partial charge is 0.309 e. The summed E-state index contributed by atoms with van der Waals surface area (Å²) in [4.78, 5) is 1.14. The molecule has 1 nitrogen and oxygen atoms in total. The summed E-state index contributed by atoms with van der Waals surface area (Å²) in [6.07, 6.45) is 0. The minimum absolute atomic E-state index is 0.00648. The van der Waals surface area contributed by atoms with E-state index < -0.39 is 0 Å². The van der Waals surface area contributed by atoms with Crippen LogP contribution in [0.2, 0.25) is 0 Å². The Labute approximate surface area is 127 Å². The van der Waals surface area contributed by atoms with Gasteiger partial charge in [-0.05, 0) is 75.2 Å². The highest BCUT2D eigenvalue weighted by Crippen LogP contribution is 2.37. The lowest BCUT2D eigenvalue weighted by atomic mass is 10.0. The highest BCUT2D eigenvalue weighted by atomic mass is 79.9. The van der Waals surface area contributed by atoms with Gasteiger partial charge in [0.1, 0.15) is 5.82 Å². The van der Waals surface area contributed by atoms with E-state index in [1.807, 2.05) is 20.0 Å². The van der Waals surface area contributed by atoms with E-state index in [-0.39, 0.29) is 11.9 Å². The Morgan fingerprint density at radius 2 is 1.94 bits per heavy atom. The molecule has 0 radical (unpaired) electrons. The van der Waals surface area contributed by atoms with Gasteiger partial charge in [-0.2, -0.15) is 0 Å². The summed E-state index contributed by atoms with van der Waals surface area (Å²) in [6, 6.07) is 7.18. The van der Waals surface area contributed by atoms with E-state index in [1.165, 1.54) is 6.07 Å². The number of hydrogen-bond acceptors (Lipinski definition) is 2. The molecule has 1 atom stereocenters. The van der Waals surface area contributed by atoms with Gasteiger partial charge in [0.15, 0.2) is 0 Å². The zero-order valence-corrected chi connectivity index (χ0v) is 13.9. The number of rotatable bonds is 3. The molecule has 5 heteroatoms. The third kappa shape index (κ3) is 3.02. The predicted molar refractivity (Wildman–Crippen MR) is 81.8 cm³/mol. The third-order valence-electron chi connectivity index (χ3n) is 2.64. The smallest absolute Gasteiger partial charge is 0.123 e. The molecule has 18 heavy (non-hydrogen) atoms. The molecule has 2 aromatic rings. The van der Waals surface area contributed by atoms with Crippen LogP contribution < -0.4 is 5.32 Å². The van der Waals surface area contributed by atoms with E-state index in [1.54, 1.807) is 17.4 Å². The topological polar surface area (TPSA) is 12.0 Å². The molecule has 0 spiro atoms. The third-order valence-corrected chi connectivity index (χ3v) is 5.96. The number of thiophene rings is 1. The second-order valence-corrected chi connectivity index (χ2v) is 7.31. The van der Waals surface area contributed by atoms with Gasteiger partial charge < -0.3 is 5.32 Å². The van der Waals surface area contributed by atoms with Crippen LogP contribution in [0.4, 0.5) is 4.39 Å². The van der Waals surface area contributed by atoms with Gasteiger partial charge in [-0.15, -0.1) is 11.3 Å². The van der Waals surface area contributed by atoms with Crippen LogP contribution in [0.3, 0.4) is 0 Å². The summed E-state index contributed by atoms with van der Waals surface area (Å²) in [6.45, 7) is 1.90. The van der Waals surface area contributed by atoms with Crippen LogP contribution in [-0.2, 0) is 0 Å². The fraction of sp³-hybridized carbons (Fsp3) is 0.231. The summed E-state index contributed by atoms with van der Waals surface area (Å²) in [5.41, 5.74) is 1.87. The Morgan fingerprint density at radius 1 is 1.22 bits per heavy atom. The summed E-state index contributed by atoms with van der Waals surface area (Å²) >= 11 is 8.60. The van der Waals surface area contributed by atoms with E-state index in [9.17, 15) is 4.39 Å². The summed E-state index contributed by atoms with van der Waals surface area (Å²) < 4.78 is 15.6. The van der Waals surface area contributed by atoms with Crippen molar-refractivity contribution in [3.63, 3.8) is 0 Å². The van der Waals surface area contributed by atoms with Crippen molar-refractivity contribution in [3.8, 4) is 0 Å². The van der Waals surface area contributed by atoms with Crippen LogP contribution in [0.15, 0.2) is 32.5 Å². The van der Waals surface area contributed by atoms with Crippen LogP contribution in [0.25, 0.3) is 0 Å². The average Bonchev–Trinajstić information content (AvgIpc) is 2.58. The zero-order valence-electron chi connectivity index (χ0n) is 9.93. The SMILES string of the molecule is CNC(c1cc(C)cc(F)c1)c1cc(Br)c(Br)s1. The quantitative estimate of drug-likeness (QED) is 0.772. The fourth-order valence-corrected chi connectivity index (χ4v) is 4.14. The highest BCUT2D eigenvalue weighted by Gasteiger charge is 2.17. The molecule has 0 aliphatic rings. The second kappa shape index (κ2) is 5.82. The molecule has 2 rings (SSSR count). The summed E-state index contributed by atoms with van der Waals surface area (Å²) in [5, 5.41) is 3.23. The van der Waals surface area contributed by atoms with Crippen molar-refractivity contribution in [2.45, 2.75) is 13.0 Å². The molecule has 96 valence electrons. The van der Waals surface area contributed by atoms with Gasteiger partial charge in [0.2, 0.25) is 0 Å². The average molecular weight is 393 g/mol. The maximum absolute atomic E-state index is 13.5. The lowest BCUT2D eigenvalue weighted by Gasteiger charge is -2.15. The molecule has 1 aromatic heterocycles. The molecule has 0 amide bonds. The van der Waals surface area contributed by atoms with Gasteiger partial charge in [0.05, 0.1) is 9.83 Å². The molecule has 1 heterocycles. The van der Waals surface area contributed by atoms with E-state index in [0.29, 0.717) is 0 Å². The first kappa shape index (κ1) is 14.2. The minimum Gasteiger partial charge on any atom is -0.309 e. The van der Waals surface area contributed by atoms with Crippen LogP contribution >= 0.6 is 43.2 Å². The highest BCUT2D eigenvalue weighted by molar-refractivity contribution is 9.13. The Balaban J connectivity index is 2.44. The van der Waals surface area contributed by atoms with Gasteiger partial charge in [-0.25, -0.2) is 4.39 Å². The normalized spacial score (nSPS) is 12.7. The lowest BCUT2D eigenvalue weighted by Crippen LogP contribution is -2.16. The molecule has 0 bridgehead atoms. The van der Waals surface area contributed by atoms with Gasteiger partial charge in [-0.3, -0.25) is 0 Å². The second-order valence-electron chi connectivity index (χ2n) is 4.05. The maximum Gasteiger partial charge on any atom is 0.123 e. The first-order valence-electron chi connectivity index (χ1n) is 5.40. The number of nitrogens with one attached hydrogen (secondary N) is 1. The Hall–Kier alpha value is -0.230. The van der Waals surface area contributed by atoms with Crippen LogP contribution in [0.1, 0.15) is 22.0 Å². The van der Waals surface area contributed by atoms with Crippen molar-refractivity contribution in [1.29, 1.82) is 0 Å². The molecule has 1 unspecified atom stereocenters. The molecule has 0 fully saturated rings. The first-order valence-corrected chi connectivity index (χ1v) is 7.80. The van der Waals surface area contributed by atoms with E-state index in [4.69, 9.17) is 0 Å². The molecule has 1 N–H and O–H groups in total. The maximum atomic E-state index is 13.5. The van der Waals surface area contributed by atoms with Crippen molar-refractivity contribution in [2.75, 3.05) is 7.05 Å². The van der Waals surface area contributed by atoms with E-state index >= 15 is 0 Å². The molecule has 1 aromatic carbocycles. The van der Waals surface area contributed by atoms with Crippen LogP contribution in [0, 0.1) is 12.7 Å². The van der Waals surface area contributed by atoms with Crippen molar-refractivity contribution < 1.29 is 4.39 Å². The van der Waals surface area contributed by atoms with Crippen molar-refractivity contribution in [1.82, 2.24) is 5.32 Å². The Bertz CT molecular complexity index is 528. The van der Waals surface area contributed by atoms with Gasteiger partial charge in [0.25, 0.3) is 0 Å². The number of hydrogen-bond donors (Lipinski definition) is 1. The molecule has 0 saturated carbocycles. The van der Waals surface area contributed by atoms with Crippen molar-refractivity contribution in [3.05, 3.63) is 54.3 Å².